The molecule has 4 heterocycles. The number of nitrogens with two attached hydrogens (primary N) is 1. The number of aromatic nitrogens is 4. The van der Waals surface area contributed by atoms with E-state index in [-0.39, 0.29) is 22.6 Å². The molecule has 0 saturated heterocycles. The normalized spacial score (nSPS) is 11.5. The Balaban J connectivity index is 1.89. The summed E-state index contributed by atoms with van der Waals surface area (Å²) in [5.74, 6) is -1.46. The highest BCUT2D eigenvalue weighted by Crippen LogP contribution is 2.41. The third-order valence-electron chi connectivity index (χ3n) is 5.84. The molecule has 0 unspecified atom stereocenters. The van der Waals surface area contributed by atoms with E-state index in [0.717, 1.165) is 26.5 Å². The maximum Gasteiger partial charge on any atom is 0.338 e. The Morgan fingerprint density at radius 2 is 1.74 bits per heavy atom. The average molecular weight is 557 g/mol. The minimum Gasteiger partial charge on any atom is -0.480 e. The molecule has 0 aliphatic carbocycles. The molecule has 1 aromatic carbocycles. The summed E-state index contributed by atoms with van der Waals surface area (Å²) >= 11 is 2.55. The smallest absolute Gasteiger partial charge is 0.338 e. The van der Waals surface area contributed by atoms with Gasteiger partial charge in [0.05, 0.1) is 28.9 Å². The molecule has 2 N–H and O–H groups in total. The number of thiophene rings is 2. The first kappa shape index (κ1) is 25.7. The van der Waals surface area contributed by atoms with Gasteiger partial charge in [-0.2, -0.15) is 0 Å². The zero-order valence-corrected chi connectivity index (χ0v) is 22.2. The number of rotatable bonds is 7. The lowest BCUT2D eigenvalue weighted by Gasteiger charge is -2.14. The van der Waals surface area contributed by atoms with Crippen molar-refractivity contribution in [3.63, 3.8) is 0 Å². The Morgan fingerprint density at radius 1 is 1.00 bits per heavy atom. The summed E-state index contributed by atoms with van der Waals surface area (Å²) in [6.07, 6.45) is 0. The number of hydrogen-bond donors (Lipinski definition) is 1. The van der Waals surface area contributed by atoms with E-state index in [2.05, 4.69) is 10.2 Å². The van der Waals surface area contributed by atoms with E-state index in [1.807, 2.05) is 25.1 Å². The second-order valence-electron chi connectivity index (χ2n) is 8.67. The zero-order chi connectivity index (χ0) is 27.1. The summed E-state index contributed by atoms with van der Waals surface area (Å²) in [5, 5.41) is 8.72. The largest absolute Gasteiger partial charge is 0.480 e. The Labute approximate surface area is 223 Å². The van der Waals surface area contributed by atoms with E-state index < -0.39 is 29.4 Å². The van der Waals surface area contributed by atoms with Crippen molar-refractivity contribution >= 4 is 37.9 Å². The van der Waals surface area contributed by atoms with E-state index >= 15 is 0 Å². The van der Waals surface area contributed by atoms with Gasteiger partial charge < -0.3 is 15.4 Å². The molecule has 0 spiro atoms. The molecule has 0 amide bonds. The van der Waals surface area contributed by atoms with Crippen molar-refractivity contribution in [2.45, 2.75) is 13.1 Å². The molecule has 0 bridgehead atoms. The van der Waals surface area contributed by atoms with E-state index in [0.29, 0.717) is 21.9 Å². The number of benzene rings is 1. The van der Waals surface area contributed by atoms with Crippen LogP contribution in [0.15, 0.2) is 52.1 Å². The molecule has 196 valence electrons. The number of anilines is 1. The van der Waals surface area contributed by atoms with E-state index in [9.17, 15) is 18.4 Å². The molecular formula is C25H22F2N6O3S2. The maximum atomic E-state index is 14.7. The van der Waals surface area contributed by atoms with Gasteiger partial charge in [0.25, 0.3) is 5.56 Å². The van der Waals surface area contributed by atoms with E-state index in [1.54, 1.807) is 6.07 Å². The van der Waals surface area contributed by atoms with Gasteiger partial charge in [0.2, 0.25) is 5.88 Å². The molecular weight excluding hydrogens is 534 g/mol. The Hall–Kier alpha value is -3.94. The number of ether oxygens (including phenoxy) is 1. The molecule has 13 heteroatoms. The van der Waals surface area contributed by atoms with Crippen molar-refractivity contribution in [1.29, 1.82) is 0 Å². The summed E-state index contributed by atoms with van der Waals surface area (Å²) < 4.78 is 36.5. The fraction of sp³-hybridized carbons (Fsp3) is 0.200. The first-order valence-corrected chi connectivity index (χ1v) is 13.0. The van der Waals surface area contributed by atoms with Crippen molar-refractivity contribution in [2.75, 3.05) is 26.9 Å². The Morgan fingerprint density at radius 3 is 2.32 bits per heavy atom. The zero-order valence-electron chi connectivity index (χ0n) is 20.6. The lowest BCUT2D eigenvalue weighted by atomic mass is 10.1. The Kier molecular flexibility index (Phi) is 6.82. The van der Waals surface area contributed by atoms with Crippen molar-refractivity contribution < 1.29 is 13.5 Å². The predicted molar refractivity (Wildman–Crippen MR) is 144 cm³/mol. The van der Waals surface area contributed by atoms with Gasteiger partial charge in [-0.25, -0.2) is 18.1 Å². The predicted octanol–water partition coefficient (Wildman–Crippen LogP) is 3.71. The standard InChI is InChI=1S/C25H22F2N6O3S2/c1-31(2)11-14-21-23(34)33(19-9-10-20(36-3)30-29-19)25(35)32(12-13-15(26)5-4-6-16(13)27)24(21)38-22(14)17-7-8-18(28)37-17/h4-10H,11-12,28H2,1-3H3. The van der Waals surface area contributed by atoms with Gasteiger partial charge in [0, 0.05) is 28.6 Å². The molecule has 4 aromatic heterocycles. The molecule has 0 radical (unpaired) electrons. The van der Waals surface area contributed by atoms with Gasteiger partial charge in [-0.05, 0) is 44.4 Å². The fourth-order valence-corrected chi connectivity index (χ4v) is 6.34. The van der Waals surface area contributed by atoms with Crippen LogP contribution in [0.2, 0.25) is 0 Å². The molecule has 5 aromatic rings. The van der Waals surface area contributed by atoms with Crippen LogP contribution >= 0.6 is 22.7 Å². The third-order valence-corrected chi connectivity index (χ3v) is 8.19. The number of halogens is 2. The number of methoxy groups -OCH3 is 1. The highest BCUT2D eigenvalue weighted by atomic mass is 32.1. The van der Waals surface area contributed by atoms with Crippen molar-refractivity contribution in [3.8, 4) is 21.5 Å². The van der Waals surface area contributed by atoms with Crippen LogP contribution in [-0.4, -0.2) is 45.4 Å². The summed E-state index contributed by atoms with van der Waals surface area (Å²) in [6, 6.07) is 9.99. The summed E-state index contributed by atoms with van der Waals surface area (Å²) in [4.78, 5) is 31.5. The van der Waals surface area contributed by atoms with Gasteiger partial charge >= 0.3 is 5.69 Å². The first-order chi connectivity index (χ1) is 18.2. The van der Waals surface area contributed by atoms with Crippen LogP contribution in [0.5, 0.6) is 5.88 Å². The first-order valence-electron chi connectivity index (χ1n) is 11.3. The summed E-state index contributed by atoms with van der Waals surface area (Å²) in [5.41, 5.74) is 4.94. The number of nitrogens with zero attached hydrogens (tertiary/aromatic N) is 5. The van der Waals surface area contributed by atoms with Crippen molar-refractivity contribution in [1.82, 2.24) is 24.2 Å². The fourth-order valence-electron chi connectivity index (χ4n) is 4.13. The van der Waals surface area contributed by atoms with Crippen molar-refractivity contribution in [3.05, 3.63) is 86.1 Å². The van der Waals surface area contributed by atoms with E-state index in [1.165, 1.54) is 52.5 Å². The highest BCUT2D eigenvalue weighted by Gasteiger charge is 2.26. The van der Waals surface area contributed by atoms with Gasteiger partial charge in [0.1, 0.15) is 16.5 Å². The maximum absolute atomic E-state index is 14.7. The molecule has 5 rings (SSSR count). The molecule has 0 aliphatic heterocycles. The molecule has 0 fully saturated rings. The van der Waals surface area contributed by atoms with Gasteiger partial charge in [-0.1, -0.05) is 6.07 Å². The van der Waals surface area contributed by atoms with Crippen LogP contribution in [0.3, 0.4) is 0 Å². The Bertz CT molecular complexity index is 1750. The monoisotopic (exact) mass is 556 g/mol. The van der Waals surface area contributed by atoms with Crippen LogP contribution in [0.4, 0.5) is 13.8 Å². The van der Waals surface area contributed by atoms with Gasteiger partial charge in [0.15, 0.2) is 5.82 Å². The lowest BCUT2D eigenvalue weighted by Crippen LogP contribution is -2.39. The SMILES string of the molecule is COc1ccc(-n2c(=O)c3c(CN(C)C)c(-c4ccc(N)s4)sc3n(Cc3c(F)cccc3F)c2=O)nn1. The molecule has 0 saturated carbocycles. The van der Waals surface area contributed by atoms with Gasteiger partial charge in [-0.3, -0.25) is 9.36 Å². The quantitative estimate of drug-likeness (QED) is 0.326. The van der Waals surface area contributed by atoms with Crippen LogP contribution in [0, 0.1) is 11.6 Å². The second kappa shape index (κ2) is 10.1. The molecule has 9 nitrogen and oxygen atoms in total. The lowest BCUT2D eigenvalue weighted by molar-refractivity contribution is 0.391. The van der Waals surface area contributed by atoms with Crippen LogP contribution in [0.25, 0.3) is 25.8 Å². The van der Waals surface area contributed by atoms with Gasteiger partial charge in [-0.15, -0.1) is 32.9 Å². The average Bonchev–Trinajstić information content (AvgIpc) is 3.47. The highest BCUT2D eigenvalue weighted by molar-refractivity contribution is 7.27. The minimum atomic E-state index is -0.806. The topological polar surface area (TPSA) is 108 Å². The van der Waals surface area contributed by atoms with Crippen LogP contribution < -0.4 is 21.7 Å². The molecule has 0 aliphatic rings. The van der Waals surface area contributed by atoms with Crippen LogP contribution in [0.1, 0.15) is 11.1 Å². The number of fused-ring (bicyclic) bond motifs is 1. The van der Waals surface area contributed by atoms with Crippen molar-refractivity contribution in [2.24, 2.45) is 0 Å². The molecule has 38 heavy (non-hydrogen) atoms. The molecule has 0 atom stereocenters. The third kappa shape index (κ3) is 4.48. The summed E-state index contributed by atoms with van der Waals surface area (Å²) in [6.45, 7) is -0.0748. The van der Waals surface area contributed by atoms with E-state index in [4.69, 9.17) is 10.5 Å². The number of nitrogen functional groups attached to an aromatic ring is 1. The minimum absolute atomic E-state index is 0.0469. The second-order valence-corrected chi connectivity index (χ2v) is 10.8. The number of hydrogen-bond acceptors (Lipinski definition) is 9. The van der Waals surface area contributed by atoms with Crippen LogP contribution in [-0.2, 0) is 13.1 Å². The summed E-state index contributed by atoms with van der Waals surface area (Å²) in [7, 11) is 5.12.